The first-order valence-corrected chi connectivity index (χ1v) is 8.33. The fourth-order valence-corrected chi connectivity index (χ4v) is 2.82. The molecule has 1 aromatic heterocycles. The Hall–Kier alpha value is -1.96. The molecular weight excluding hydrogens is 268 g/mol. The van der Waals surface area contributed by atoms with Crippen molar-refractivity contribution in [3.8, 4) is 0 Å². The quantitative estimate of drug-likeness (QED) is 0.740. The summed E-state index contributed by atoms with van der Waals surface area (Å²) >= 11 is 0. The smallest absolute Gasteiger partial charge is 0.0695 e. The van der Waals surface area contributed by atoms with E-state index >= 15 is 0 Å². The molecule has 0 aromatic carbocycles. The molecule has 2 atom stereocenters. The van der Waals surface area contributed by atoms with Crippen molar-refractivity contribution in [2.75, 3.05) is 0 Å². The summed E-state index contributed by atoms with van der Waals surface area (Å²) in [7, 11) is 0. The lowest BCUT2D eigenvalue weighted by atomic mass is 9.95. The van der Waals surface area contributed by atoms with Crippen LogP contribution in [-0.4, -0.2) is 11.0 Å². The maximum Gasteiger partial charge on any atom is 0.0695 e. The number of allylic oxidation sites excluding steroid dienone is 5. The highest BCUT2D eigenvalue weighted by molar-refractivity contribution is 5.64. The van der Waals surface area contributed by atoms with Crippen LogP contribution in [0.3, 0.4) is 0 Å². The van der Waals surface area contributed by atoms with Gasteiger partial charge in [-0.15, -0.1) is 0 Å². The number of hydrogen-bond donors (Lipinski definition) is 2. The van der Waals surface area contributed by atoms with Gasteiger partial charge in [0.2, 0.25) is 0 Å². The van der Waals surface area contributed by atoms with E-state index in [0.717, 1.165) is 12.8 Å². The Morgan fingerprint density at radius 3 is 2.82 bits per heavy atom. The molecule has 2 nitrogen and oxygen atoms in total. The summed E-state index contributed by atoms with van der Waals surface area (Å²) in [6.45, 7) is 8.92. The van der Waals surface area contributed by atoms with E-state index in [4.69, 9.17) is 0 Å². The van der Waals surface area contributed by atoms with Crippen molar-refractivity contribution in [1.29, 1.82) is 0 Å². The maximum absolute atomic E-state index is 3.78. The van der Waals surface area contributed by atoms with Crippen LogP contribution in [0.1, 0.15) is 46.2 Å². The van der Waals surface area contributed by atoms with E-state index in [2.05, 4.69) is 80.5 Å². The third-order valence-electron chi connectivity index (χ3n) is 4.32. The molecule has 2 heteroatoms. The van der Waals surface area contributed by atoms with Crippen molar-refractivity contribution in [2.24, 2.45) is 5.92 Å². The van der Waals surface area contributed by atoms with Gasteiger partial charge in [0.25, 0.3) is 0 Å². The van der Waals surface area contributed by atoms with E-state index in [9.17, 15) is 0 Å². The van der Waals surface area contributed by atoms with E-state index in [1.165, 1.54) is 22.5 Å². The molecule has 0 aliphatic heterocycles. The number of aromatic nitrogens is 1. The van der Waals surface area contributed by atoms with Gasteiger partial charge in [0.1, 0.15) is 0 Å². The minimum Gasteiger partial charge on any atom is -0.378 e. The lowest BCUT2D eigenvalue weighted by Gasteiger charge is -2.27. The van der Waals surface area contributed by atoms with Crippen molar-refractivity contribution in [3.63, 3.8) is 0 Å². The number of nitrogens with one attached hydrogen (secondary N) is 2. The van der Waals surface area contributed by atoms with Crippen LogP contribution in [-0.2, 0) is 0 Å². The van der Waals surface area contributed by atoms with Gasteiger partial charge in [-0.25, -0.2) is 0 Å². The normalized spacial score (nSPS) is 21.8. The van der Waals surface area contributed by atoms with Gasteiger partial charge < -0.3 is 10.3 Å². The lowest BCUT2D eigenvalue weighted by molar-refractivity contribution is 0.577. The highest BCUT2D eigenvalue weighted by Gasteiger charge is 2.18. The zero-order valence-electron chi connectivity index (χ0n) is 14.2. The third kappa shape index (κ3) is 3.82. The Balaban J connectivity index is 2.31. The molecule has 1 aliphatic rings. The highest BCUT2D eigenvalue weighted by atomic mass is 14.9. The Morgan fingerprint density at radius 2 is 2.18 bits per heavy atom. The summed E-state index contributed by atoms with van der Waals surface area (Å²) in [5.41, 5.74) is 5.18. The van der Waals surface area contributed by atoms with E-state index < -0.39 is 0 Å². The molecule has 0 fully saturated rings. The predicted molar refractivity (Wildman–Crippen MR) is 96.4 cm³/mol. The fraction of sp³-hybridized carbons (Fsp3) is 0.400. The average Bonchev–Trinajstić information content (AvgIpc) is 3.07. The molecule has 0 spiro atoms. The zero-order valence-corrected chi connectivity index (χ0v) is 14.2. The largest absolute Gasteiger partial charge is 0.378 e. The molecule has 22 heavy (non-hydrogen) atoms. The van der Waals surface area contributed by atoms with Crippen molar-refractivity contribution < 1.29 is 0 Å². The van der Waals surface area contributed by atoms with E-state index in [1.54, 1.807) is 0 Å². The predicted octanol–water partition coefficient (Wildman–Crippen LogP) is 5.21. The first-order chi connectivity index (χ1) is 10.7. The number of aromatic amines is 1. The molecule has 0 saturated heterocycles. The zero-order chi connectivity index (χ0) is 15.9. The summed E-state index contributed by atoms with van der Waals surface area (Å²) in [6.07, 6.45) is 15.2. The maximum atomic E-state index is 3.78. The van der Waals surface area contributed by atoms with Crippen LogP contribution in [0.25, 0.3) is 5.57 Å². The first kappa shape index (κ1) is 16.4. The monoisotopic (exact) mass is 296 g/mol. The molecular formula is C20H28N2. The van der Waals surface area contributed by atoms with Crippen LogP contribution in [0.15, 0.2) is 60.0 Å². The van der Waals surface area contributed by atoms with Crippen LogP contribution in [0.4, 0.5) is 0 Å². The van der Waals surface area contributed by atoms with Gasteiger partial charge in [0.15, 0.2) is 0 Å². The molecule has 2 unspecified atom stereocenters. The molecule has 1 heterocycles. The van der Waals surface area contributed by atoms with E-state index in [-0.39, 0.29) is 6.04 Å². The van der Waals surface area contributed by atoms with Crippen molar-refractivity contribution >= 4 is 5.57 Å². The number of H-pyrrole nitrogens is 1. The topological polar surface area (TPSA) is 27.8 Å². The van der Waals surface area contributed by atoms with Crippen LogP contribution in [0, 0.1) is 5.92 Å². The van der Waals surface area contributed by atoms with Crippen LogP contribution >= 0.6 is 0 Å². The fourth-order valence-electron chi connectivity index (χ4n) is 2.82. The minimum absolute atomic E-state index is 0.263. The van der Waals surface area contributed by atoms with Gasteiger partial charge in [0, 0.05) is 17.6 Å². The molecule has 1 aromatic rings. The van der Waals surface area contributed by atoms with Crippen molar-refractivity contribution in [1.82, 2.24) is 10.3 Å². The standard InChI is InChI=1S/C20H28N2/c1-5-10-17-11-7-8-12-19(17)22-20(15(3)6-2)16(4)18-13-9-14-21-18/h7-15,19,21-22H,5-6H2,1-4H3/b17-10+,20-16+. The second kappa shape index (κ2) is 7.88. The Bertz CT molecular complexity index is 585. The van der Waals surface area contributed by atoms with Crippen molar-refractivity contribution in [3.05, 3.63) is 65.7 Å². The highest BCUT2D eigenvalue weighted by Crippen LogP contribution is 2.25. The van der Waals surface area contributed by atoms with Gasteiger partial charge in [-0.1, -0.05) is 51.2 Å². The molecule has 118 valence electrons. The van der Waals surface area contributed by atoms with Gasteiger partial charge in [-0.3, -0.25) is 0 Å². The Morgan fingerprint density at radius 1 is 1.36 bits per heavy atom. The van der Waals surface area contributed by atoms with Crippen LogP contribution in [0.5, 0.6) is 0 Å². The van der Waals surface area contributed by atoms with Gasteiger partial charge in [-0.2, -0.15) is 0 Å². The number of rotatable bonds is 6. The van der Waals surface area contributed by atoms with Gasteiger partial charge in [-0.05, 0) is 49.0 Å². The third-order valence-corrected chi connectivity index (χ3v) is 4.32. The van der Waals surface area contributed by atoms with E-state index in [0.29, 0.717) is 5.92 Å². The van der Waals surface area contributed by atoms with Crippen LogP contribution < -0.4 is 5.32 Å². The molecule has 1 aliphatic carbocycles. The molecule has 0 amide bonds. The summed E-state index contributed by atoms with van der Waals surface area (Å²) in [5, 5.41) is 3.78. The summed E-state index contributed by atoms with van der Waals surface area (Å²) in [5.74, 6) is 0.505. The Kier molecular flexibility index (Phi) is 5.88. The molecule has 2 N–H and O–H groups in total. The average molecular weight is 296 g/mol. The molecule has 2 rings (SSSR count). The molecule has 0 radical (unpaired) electrons. The minimum atomic E-state index is 0.263. The summed E-state index contributed by atoms with van der Waals surface area (Å²) < 4.78 is 0. The van der Waals surface area contributed by atoms with E-state index in [1.807, 2.05) is 6.20 Å². The molecule has 0 saturated carbocycles. The Labute approximate surface area is 134 Å². The SMILES string of the molecule is CC/C=C1\C=CC=CC1N/C(=C(\C)c1ccc[nH]1)C(C)CC. The van der Waals surface area contributed by atoms with Gasteiger partial charge in [0.05, 0.1) is 6.04 Å². The summed E-state index contributed by atoms with van der Waals surface area (Å²) in [4.78, 5) is 3.33. The number of hydrogen-bond acceptors (Lipinski definition) is 1. The van der Waals surface area contributed by atoms with Gasteiger partial charge >= 0.3 is 0 Å². The lowest BCUT2D eigenvalue weighted by Crippen LogP contribution is -2.32. The molecule has 0 bridgehead atoms. The second-order valence-electron chi connectivity index (χ2n) is 5.91. The first-order valence-electron chi connectivity index (χ1n) is 8.33. The van der Waals surface area contributed by atoms with Crippen LogP contribution in [0.2, 0.25) is 0 Å². The second-order valence-corrected chi connectivity index (χ2v) is 5.91. The van der Waals surface area contributed by atoms with Crippen molar-refractivity contribution in [2.45, 2.75) is 46.6 Å². The summed E-state index contributed by atoms with van der Waals surface area (Å²) in [6, 6.07) is 4.45.